The summed E-state index contributed by atoms with van der Waals surface area (Å²) in [5, 5.41) is 6.44. The van der Waals surface area contributed by atoms with Crippen molar-refractivity contribution in [3.05, 3.63) is 51.1 Å². The summed E-state index contributed by atoms with van der Waals surface area (Å²) < 4.78 is 1.60. The Kier molecular flexibility index (Phi) is 6.50. The van der Waals surface area contributed by atoms with Gasteiger partial charge in [-0.3, -0.25) is 19.5 Å². The highest BCUT2D eigenvalue weighted by Gasteiger charge is 2.24. The first-order valence-electron chi connectivity index (χ1n) is 11.5. The van der Waals surface area contributed by atoms with Gasteiger partial charge in [-0.1, -0.05) is 42.8 Å². The molecule has 7 nitrogen and oxygen atoms in total. The number of carbonyl (C=O) groups excluding carboxylic acids is 2. The van der Waals surface area contributed by atoms with E-state index in [1.807, 2.05) is 30.3 Å². The number of carbonyl (C=O) groups is 2. The Balaban J connectivity index is 1.41. The molecule has 2 aliphatic rings. The molecule has 0 unspecified atom stereocenters. The summed E-state index contributed by atoms with van der Waals surface area (Å²) >= 11 is 2.77. The van der Waals surface area contributed by atoms with Gasteiger partial charge >= 0.3 is 6.03 Å². The van der Waals surface area contributed by atoms with Crippen molar-refractivity contribution in [2.45, 2.75) is 62.6 Å². The number of benzene rings is 1. The quantitative estimate of drug-likeness (QED) is 0.420. The van der Waals surface area contributed by atoms with Gasteiger partial charge < -0.3 is 5.32 Å². The molecule has 2 aliphatic carbocycles. The molecule has 0 saturated heterocycles. The summed E-state index contributed by atoms with van der Waals surface area (Å²) in [5.74, 6) is -0.413. The third-order valence-electron chi connectivity index (χ3n) is 6.25. The van der Waals surface area contributed by atoms with E-state index in [0.717, 1.165) is 67.4 Å². The van der Waals surface area contributed by atoms with Gasteiger partial charge in [0.25, 0.3) is 5.56 Å². The minimum Gasteiger partial charge on any atom is -0.335 e. The van der Waals surface area contributed by atoms with Crippen molar-refractivity contribution in [2.24, 2.45) is 0 Å². The second-order valence-electron chi connectivity index (χ2n) is 8.55. The average Bonchev–Trinajstić information content (AvgIpc) is 3.45. The molecule has 1 fully saturated rings. The Bertz CT molecular complexity index is 1250. The van der Waals surface area contributed by atoms with Crippen LogP contribution in [0.25, 0.3) is 15.9 Å². The van der Waals surface area contributed by atoms with Crippen LogP contribution in [0.3, 0.4) is 0 Å². The minimum atomic E-state index is -0.456. The highest BCUT2D eigenvalue weighted by molar-refractivity contribution is 7.99. The molecule has 3 amide bonds. The summed E-state index contributed by atoms with van der Waals surface area (Å²) in [6.45, 7) is 0. The van der Waals surface area contributed by atoms with Crippen LogP contribution >= 0.6 is 23.1 Å². The maximum absolute atomic E-state index is 13.7. The van der Waals surface area contributed by atoms with E-state index in [1.165, 1.54) is 16.6 Å². The molecule has 2 heterocycles. The topological polar surface area (TPSA) is 93.1 Å². The summed E-state index contributed by atoms with van der Waals surface area (Å²) in [5.41, 5.74) is 1.77. The van der Waals surface area contributed by atoms with Crippen molar-refractivity contribution in [1.29, 1.82) is 0 Å². The fourth-order valence-corrected chi connectivity index (χ4v) is 6.79. The summed E-state index contributed by atoms with van der Waals surface area (Å²) in [4.78, 5) is 45.0. The van der Waals surface area contributed by atoms with E-state index in [9.17, 15) is 14.4 Å². The summed E-state index contributed by atoms with van der Waals surface area (Å²) in [6.07, 6.45) is 8.23. The lowest BCUT2D eigenvalue weighted by molar-refractivity contribution is -0.117. The lowest BCUT2D eigenvalue weighted by atomic mass is 9.97. The van der Waals surface area contributed by atoms with Crippen LogP contribution in [0.1, 0.15) is 49.0 Å². The van der Waals surface area contributed by atoms with Gasteiger partial charge in [-0.15, -0.1) is 11.3 Å². The number of hydrogen-bond donors (Lipinski definition) is 2. The molecule has 1 saturated carbocycles. The van der Waals surface area contributed by atoms with Crippen LogP contribution in [0.4, 0.5) is 4.79 Å². The second-order valence-corrected chi connectivity index (χ2v) is 10.6. The predicted octanol–water partition coefficient (Wildman–Crippen LogP) is 4.19. The van der Waals surface area contributed by atoms with Crippen molar-refractivity contribution in [2.75, 3.05) is 5.75 Å². The molecule has 3 aromatic rings. The smallest absolute Gasteiger partial charge is 0.321 e. The van der Waals surface area contributed by atoms with Crippen LogP contribution in [0.5, 0.6) is 0 Å². The van der Waals surface area contributed by atoms with Crippen LogP contribution in [-0.4, -0.2) is 33.3 Å². The molecular formula is C24H26N4O3S2. The Labute approximate surface area is 200 Å². The third kappa shape index (κ3) is 4.70. The molecule has 0 atom stereocenters. The van der Waals surface area contributed by atoms with E-state index in [4.69, 9.17) is 4.98 Å². The van der Waals surface area contributed by atoms with E-state index in [2.05, 4.69) is 10.6 Å². The van der Waals surface area contributed by atoms with Crippen LogP contribution in [0.15, 0.2) is 40.3 Å². The number of urea groups is 1. The molecule has 33 heavy (non-hydrogen) atoms. The van der Waals surface area contributed by atoms with Crippen molar-refractivity contribution in [3.8, 4) is 5.69 Å². The van der Waals surface area contributed by atoms with Gasteiger partial charge in [-0.25, -0.2) is 9.78 Å². The lowest BCUT2D eigenvalue weighted by Crippen LogP contribution is -2.44. The van der Waals surface area contributed by atoms with Crippen LogP contribution in [0.2, 0.25) is 0 Å². The van der Waals surface area contributed by atoms with Gasteiger partial charge in [0.05, 0.1) is 16.8 Å². The van der Waals surface area contributed by atoms with Gasteiger partial charge in [-0.05, 0) is 56.2 Å². The fourth-order valence-electron chi connectivity index (χ4n) is 4.67. The van der Waals surface area contributed by atoms with Crippen molar-refractivity contribution >= 4 is 45.3 Å². The Hall–Kier alpha value is -2.65. The molecular weight excluding hydrogens is 456 g/mol. The first kappa shape index (κ1) is 22.2. The first-order chi connectivity index (χ1) is 16.1. The number of thiophene rings is 1. The number of imide groups is 1. The number of nitrogens with one attached hydrogen (secondary N) is 2. The predicted molar refractivity (Wildman–Crippen MR) is 132 cm³/mol. The largest absolute Gasteiger partial charge is 0.335 e. The molecule has 9 heteroatoms. The van der Waals surface area contributed by atoms with E-state index in [-0.39, 0.29) is 17.4 Å². The summed E-state index contributed by atoms with van der Waals surface area (Å²) in [6, 6.07) is 9.08. The molecule has 0 aliphatic heterocycles. The molecule has 2 N–H and O–H groups in total. The Morgan fingerprint density at radius 1 is 1.09 bits per heavy atom. The third-order valence-corrected chi connectivity index (χ3v) is 8.37. The highest BCUT2D eigenvalue weighted by Crippen LogP contribution is 2.35. The molecule has 1 aromatic carbocycles. The van der Waals surface area contributed by atoms with Gasteiger partial charge in [0.15, 0.2) is 5.16 Å². The number of para-hydroxylation sites is 1. The number of fused-ring (bicyclic) bond motifs is 3. The van der Waals surface area contributed by atoms with Gasteiger partial charge in [-0.2, -0.15) is 0 Å². The number of thioether (sulfide) groups is 1. The number of nitrogens with zero attached hydrogens (tertiary/aromatic N) is 2. The SMILES string of the molecule is O=C(CSc1nc2sc3c(c2c(=O)n1-c1ccccc1)CCCC3)NC(=O)NC1CCCC1. The van der Waals surface area contributed by atoms with Crippen molar-refractivity contribution in [1.82, 2.24) is 20.2 Å². The van der Waals surface area contributed by atoms with Crippen LogP contribution in [0, 0.1) is 0 Å². The standard InChI is InChI=1S/C24H26N4O3S2/c29-19(26-23(31)25-15-8-4-5-9-15)14-32-24-27-21-20(17-12-6-7-13-18(17)33-21)22(30)28(24)16-10-2-1-3-11-16/h1-3,10-11,15H,4-9,12-14H2,(H2,25,26,29,31). The van der Waals surface area contributed by atoms with E-state index in [1.54, 1.807) is 15.9 Å². The molecule has 0 bridgehead atoms. The number of rotatable bonds is 5. The zero-order chi connectivity index (χ0) is 22.8. The van der Waals surface area contributed by atoms with Crippen LogP contribution in [-0.2, 0) is 17.6 Å². The summed E-state index contributed by atoms with van der Waals surface area (Å²) in [7, 11) is 0. The van der Waals surface area contributed by atoms with Crippen LogP contribution < -0.4 is 16.2 Å². The maximum atomic E-state index is 13.7. The van der Waals surface area contributed by atoms with E-state index < -0.39 is 11.9 Å². The number of aryl methyl sites for hydroxylation is 2. The van der Waals surface area contributed by atoms with Gasteiger partial charge in [0.2, 0.25) is 5.91 Å². The monoisotopic (exact) mass is 482 g/mol. The van der Waals surface area contributed by atoms with Gasteiger partial charge in [0.1, 0.15) is 4.83 Å². The zero-order valence-corrected chi connectivity index (χ0v) is 19.9. The second kappa shape index (κ2) is 9.69. The molecule has 2 aromatic heterocycles. The number of aromatic nitrogens is 2. The Morgan fingerprint density at radius 2 is 1.85 bits per heavy atom. The fraction of sp³-hybridized carbons (Fsp3) is 0.417. The first-order valence-corrected chi connectivity index (χ1v) is 13.3. The van der Waals surface area contributed by atoms with Crippen molar-refractivity contribution in [3.63, 3.8) is 0 Å². The molecule has 0 radical (unpaired) electrons. The number of amides is 3. The van der Waals surface area contributed by atoms with E-state index in [0.29, 0.717) is 10.5 Å². The van der Waals surface area contributed by atoms with E-state index >= 15 is 0 Å². The maximum Gasteiger partial charge on any atom is 0.321 e. The average molecular weight is 483 g/mol. The van der Waals surface area contributed by atoms with Gasteiger partial charge in [0, 0.05) is 10.9 Å². The lowest BCUT2D eigenvalue weighted by Gasteiger charge is -2.14. The zero-order valence-electron chi connectivity index (χ0n) is 18.3. The Morgan fingerprint density at radius 3 is 2.64 bits per heavy atom. The highest BCUT2D eigenvalue weighted by atomic mass is 32.2. The molecule has 0 spiro atoms. The molecule has 172 valence electrons. The van der Waals surface area contributed by atoms with Crippen molar-refractivity contribution < 1.29 is 9.59 Å². The number of hydrogen-bond acceptors (Lipinski definition) is 6. The minimum absolute atomic E-state index is 0.00600. The molecule has 5 rings (SSSR count). The normalized spacial score (nSPS) is 16.0.